The highest BCUT2D eigenvalue weighted by atomic mass is 16.2. The molecule has 0 atom stereocenters. The lowest BCUT2D eigenvalue weighted by Gasteiger charge is -2.11. The maximum atomic E-state index is 12.6. The first-order valence-corrected chi connectivity index (χ1v) is 11.5. The highest BCUT2D eigenvalue weighted by Gasteiger charge is 2.17. The van der Waals surface area contributed by atoms with Crippen LogP contribution in [0.2, 0.25) is 0 Å². The topological polar surface area (TPSA) is 102 Å². The second-order valence-corrected chi connectivity index (χ2v) is 8.21. The zero-order chi connectivity index (χ0) is 24.4. The molecule has 0 aliphatic carbocycles. The second kappa shape index (κ2) is 9.40. The first kappa shape index (κ1) is 22.3. The van der Waals surface area contributed by atoms with Crippen LogP contribution in [0, 0.1) is 0 Å². The van der Waals surface area contributed by atoms with Crippen LogP contribution in [0.5, 0.6) is 0 Å². The number of hydrogen-bond acceptors (Lipinski definition) is 4. The van der Waals surface area contributed by atoms with Crippen LogP contribution in [0.25, 0.3) is 38.5 Å². The van der Waals surface area contributed by atoms with E-state index in [2.05, 4.69) is 52.1 Å². The average Bonchev–Trinajstić information content (AvgIpc) is 3.34. The fourth-order valence-corrected chi connectivity index (χ4v) is 4.20. The molecule has 1 heterocycles. The first-order chi connectivity index (χ1) is 17.1. The van der Waals surface area contributed by atoms with Gasteiger partial charge in [-0.1, -0.05) is 48.5 Å². The molecule has 0 fully saturated rings. The molecular weight excluding hydrogens is 438 g/mol. The number of carbonyl (C=O) groups excluding carboxylic acids is 2. The number of rotatable bonds is 6. The van der Waals surface area contributed by atoms with Gasteiger partial charge in [-0.25, -0.2) is 4.68 Å². The number of nitrogens with one attached hydrogen (secondary N) is 2. The van der Waals surface area contributed by atoms with Gasteiger partial charge in [-0.15, -0.1) is 0 Å². The molecule has 174 valence electrons. The van der Waals surface area contributed by atoms with Crippen molar-refractivity contribution >= 4 is 39.0 Å². The molecule has 0 saturated heterocycles. The van der Waals surface area contributed by atoms with Gasteiger partial charge in [0.25, 0.3) is 5.91 Å². The Morgan fingerprint density at radius 1 is 0.886 bits per heavy atom. The number of hydrogen-bond donors (Lipinski definition) is 3. The van der Waals surface area contributed by atoms with Crippen LogP contribution >= 0.6 is 0 Å². The zero-order valence-electron chi connectivity index (χ0n) is 19.3. The van der Waals surface area contributed by atoms with Gasteiger partial charge in [0.05, 0.1) is 17.9 Å². The Morgan fingerprint density at radius 2 is 1.60 bits per heavy atom. The maximum absolute atomic E-state index is 12.6. The predicted octanol–water partition coefficient (Wildman–Crippen LogP) is 4.49. The first-order valence-electron chi connectivity index (χ1n) is 11.5. The minimum Gasteiger partial charge on any atom is -0.351 e. The Kier molecular flexibility index (Phi) is 5.99. The number of carbonyl (C=O) groups is 2. The smallest absolute Gasteiger partial charge is 0.271 e. The van der Waals surface area contributed by atoms with Crippen LogP contribution in [0.4, 0.5) is 5.69 Å². The summed E-state index contributed by atoms with van der Waals surface area (Å²) in [5.41, 5.74) is 8.86. The van der Waals surface area contributed by atoms with E-state index in [1.807, 2.05) is 37.3 Å². The fraction of sp³-hybridized carbons (Fsp3) is 0.107. The van der Waals surface area contributed by atoms with Gasteiger partial charge in [0.1, 0.15) is 0 Å². The summed E-state index contributed by atoms with van der Waals surface area (Å²) in [4.78, 5) is 24.2. The van der Waals surface area contributed by atoms with Crippen molar-refractivity contribution in [2.75, 3.05) is 18.4 Å². The summed E-state index contributed by atoms with van der Waals surface area (Å²) < 4.78 is 1.76. The molecule has 4 aromatic carbocycles. The molecule has 0 aliphatic heterocycles. The SMILES string of the molecule is CCNC(=O)c1cc(-c2ccc3ccc4ccccc4c3c2)n(-c2ccc(NC(=O)CN)cc2)n1. The van der Waals surface area contributed by atoms with Crippen molar-refractivity contribution in [3.05, 3.63) is 90.6 Å². The summed E-state index contributed by atoms with van der Waals surface area (Å²) in [5.74, 6) is -0.495. The summed E-state index contributed by atoms with van der Waals surface area (Å²) in [6, 6.07) is 27.9. The Labute approximate surface area is 202 Å². The third kappa shape index (κ3) is 4.37. The van der Waals surface area contributed by atoms with Gasteiger partial charge in [-0.2, -0.15) is 5.10 Å². The Bertz CT molecular complexity index is 1550. The molecule has 5 rings (SSSR count). The third-order valence-electron chi connectivity index (χ3n) is 5.90. The highest BCUT2D eigenvalue weighted by Crippen LogP contribution is 2.31. The van der Waals surface area contributed by atoms with E-state index in [0.717, 1.165) is 27.7 Å². The molecule has 4 N–H and O–H groups in total. The molecule has 1 aromatic heterocycles. The lowest BCUT2D eigenvalue weighted by Crippen LogP contribution is -2.23. The largest absolute Gasteiger partial charge is 0.351 e. The van der Waals surface area contributed by atoms with E-state index in [9.17, 15) is 9.59 Å². The molecule has 2 amide bonds. The number of anilines is 1. The van der Waals surface area contributed by atoms with Crippen LogP contribution in [-0.2, 0) is 4.79 Å². The lowest BCUT2D eigenvalue weighted by molar-refractivity contribution is -0.114. The standard InChI is InChI=1S/C28H25N5O2/c1-2-30-28(35)25-16-26(33(32-25)22-13-11-21(12-14-22)31-27(34)17-29)20-10-9-19-8-7-18-5-3-4-6-23(18)24(19)15-20/h3-16H,2,17,29H2,1H3,(H,30,35)(H,31,34). The van der Waals surface area contributed by atoms with E-state index in [1.165, 1.54) is 10.8 Å². The number of nitrogens with two attached hydrogens (primary N) is 1. The van der Waals surface area contributed by atoms with Crippen molar-refractivity contribution in [2.24, 2.45) is 5.73 Å². The van der Waals surface area contributed by atoms with Gasteiger partial charge in [-0.05, 0) is 64.9 Å². The minimum atomic E-state index is -0.264. The molecule has 0 spiro atoms. The fourth-order valence-electron chi connectivity index (χ4n) is 4.20. The van der Waals surface area contributed by atoms with E-state index in [1.54, 1.807) is 22.9 Å². The van der Waals surface area contributed by atoms with E-state index in [0.29, 0.717) is 17.9 Å². The Morgan fingerprint density at radius 3 is 2.34 bits per heavy atom. The average molecular weight is 464 g/mol. The second-order valence-electron chi connectivity index (χ2n) is 8.21. The van der Waals surface area contributed by atoms with Gasteiger partial charge in [-0.3, -0.25) is 9.59 Å². The molecule has 0 saturated carbocycles. The Hall–Kier alpha value is -4.49. The molecule has 35 heavy (non-hydrogen) atoms. The molecule has 0 aliphatic rings. The maximum Gasteiger partial charge on any atom is 0.271 e. The molecule has 0 bridgehead atoms. The quantitative estimate of drug-likeness (QED) is 0.323. The van der Waals surface area contributed by atoms with Crippen molar-refractivity contribution in [1.82, 2.24) is 15.1 Å². The van der Waals surface area contributed by atoms with Gasteiger partial charge in [0.15, 0.2) is 5.69 Å². The zero-order valence-corrected chi connectivity index (χ0v) is 19.3. The number of aromatic nitrogens is 2. The normalized spacial score (nSPS) is 11.0. The van der Waals surface area contributed by atoms with Crippen LogP contribution in [0.15, 0.2) is 84.9 Å². The van der Waals surface area contributed by atoms with Gasteiger partial charge in [0, 0.05) is 17.8 Å². The number of nitrogens with zero attached hydrogens (tertiary/aromatic N) is 2. The van der Waals surface area contributed by atoms with Crippen LogP contribution in [-0.4, -0.2) is 34.7 Å². The number of fused-ring (bicyclic) bond motifs is 3. The minimum absolute atomic E-state index is 0.0857. The van der Waals surface area contributed by atoms with Crippen molar-refractivity contribution in [3.8, 4) is 16.9 Å². The van der Waals surface area contributed by atoms with E-state index in [-0.39, 0.29) is 18.4 Å². The van der Waals surface area contributed by atoms with Crippen molar-refractivity contribution < 1.29 is 9.59 Å². The van der Waals surface area contributed by atoms with Crippen molar-refractivity contribution in [2.45, 2.75) is 6.92 Å². The Balaban J connectivity index is 1.64. The third-order valence-corrected chi connectivity index (χ3v) is 5.90. The van der Waals surface area contributed by atoms with Crippen molar-refractivity contribution in [3.63, 3.8) is 0 Å². The summed E-state index contributed by atoms with van der Waals surface area (Å²) in [7, 11) is 0. The van der Waals surface area contributed by atoms with E-state index in [4.69, 9.17) is 5.73 Å². The molecule has 7 heteroatoms. The molecular formula is C28H25N5O2. The number of amides is 2. The summed E-state index contributed by atoms with van der Waals surface area (Å²) >= 11 is 0. The summed E-state index contributed by atoms with van der Waals surface area (Å²) in [6.45, 7) is 2.30. The predicted molar refractivity (Wildman–Crippen MR) is 140 cm³/mol. The lowest BCUT2D eigenvalue weighted by atomic mass is 9.99. The van der Waals surface area contributed by atoms with Crippen LogP contribution in [0.1, 0.15) is 17.4 Å². The van der Waals surface area contributed by atoms with Gasteiger partial charge >= 0.3 is 0 Å². The summed E-state index contributed by atoms with van der Waals surface area (Å²) in [5, 5.41) is 14.8. The monoisotopic (exact) mass is 463 g/mol. The van der Waals surface area contributed by atoms with Crippen LogP contribution < -0.4 is 16.4 Å². The molecule has 0 radical (unpaired) electrons. The van der Waals surface area contributed by atoms with E-state index < -0.39 is 0 Å². The van der Waals surface area contributed by atoms with E-state index >= 15 is 0 Å². The van der Waals surface area contributed by atoms with Crippen molar-refractivity contribution in [1.29, 1.82) is 0 Å². The van der Waals surface area contributed by atoms with Crippen LogP contribution in [0.3, 0.4) is 0 Å². The molecule has 5 aromatic rings. The molecule has 0 unspecified atom stereocenters. The van der Waals surface area contributed by atoms with Gasteiger partial charge < -0.3 is 16.4 Å². The van der Waals surface area contributed by atoms with Gasteiger partial charge in [0.2, 0.25) is 5.91 Å². The molecule has 7 nitrogen and oxygen atoms in total. The number of benzene rings is 4. The summed E-state index contributed by atoms with van der Waals surface area (Å²) in [6.07, 6.45) is 0. The highest BCUT2D eigenvalue weighted by molar-refractivity contribution is 6.08.